The standard InChI is InChI=1S/C14H7ClF3N/c15-13-7-9(8-19)1-6-12(13)10-2-4-11(5-3-10)14(16,17)18/h1-7H. The molecule has 0 spiro atoms. The van der Waals surface area contributed by atoms with Crippen LogP contribution in [0.5, 0.6) is 0 Å². The molecule has 0 saturated heterocycles. The summed E-state index contributed by atoms with van der Waals surface area (Å²) < 4.78 is 37.3. The van der Waals surface area contributed by atoms with E-state index in [-0.39, 0.29) is 0 Å². The van der Waals surface area contributed by atoms with Crippen molar-refractivity contribution in [1.29, 1.82) is 5.26 Å². The van der Waals surface area contributed by atoms with Gasteiger partial charge < -0.3 is 0 Å². The number of rotatable bonds is 1. The van der Waals surface area contributed by atoms with Gasteiger partial charge in [0.25, 0.3) is 0 Å². The Bertz CT molecular complexity index is 639. The Hall–Kier alpha value is -1.99. The van der Waals surface area contributed by atoms with Gasteiger partial charge in [0, 0.05) is 10.6 Å². The number of nitrogens with zero attached hydrogens (tertiary/aromatic N) is 1. The molecule has 0 fully saturated rings. The van der Waals surface area contributed by atoms with Crippen LogP contribution in [0.2, 0.25) is 5.02 Å². The van der Waals surface area contributed by atoms with Crippen LogP contribution in [-0.2, 0) is 6.18 Å². The van der Waals surface area contributed by atoms with Gasteiger partial charge >= 0.3 is 6.18 Å². The summed E-state index contributed by atoms with van der Waals surface area (Å²) in [6.07, 6.45) is -4.35. The molecule has 0 amide bonds. The van der Waals surface area contributed by atoms with E-state index in [4.69, 9.17) is 16.9 Å². The number of alkyl halides is 3. The van der Waals surface area contributed by atoms with Gasteiger partial charge in [-0.15, -0.1) is 0 Å². The molecule has 19 heavy (non-hydrogen) atoms. The second-order valence-corrected chi connectivity index (χ2v) is 4.29. The topological polar surface area (TPSA) is 23.8 Å². The van der Waals surface area contributed by atoms with Gasteiger partial charge in [-0.25, -0.2) is 0 Å². The molecule has 0 heterocycles. The molecule has 2 rings (SSSR count). The highest BCUT2D eigenvalue weighted by molar-refractivity contribution is 6.33. The average molecular weight is 282 g/mol. The Morgan fingerprint density at radius 1 is 1.00 bits per heavy atom. The van der Waals surface area contributed by atoms with E-state index in [9.17, 15) is 13.2 Å². The highest BCUT2D eigenvalue weighted by Crippen LogP contribution is 2.33. The summed E-state index contributed by atoms with van der Waals surface area (Å²) in [6.45, 7) is 0. The lowest BCUT2D eigenvalue weighted by atomic mass is 10.0. The third-order valence-electron chi connectivity index (χ3n) is 2.62. The van der Waals surface area contributed by atoms with Crippen LogP contribution in [-0.4, -0.2) is 0 Å². The van der Waals surface area contributed by atoms with Crippen LogP contribution < -0.4 is 0 Å². The molecule has 0 N–H and O–H groups in total. The Morgan fingerprint density at radius 2 is 1.63 bits per heavy atom. The first-order valence-corrected chi connectivity index (χ1v) is 5.67. The zero-order valence-electron chi connectivity index (χ0n) is 9.50. The van der Waals surface area contributed by atoms with E-state index >= 15 is 0 Å². The fourth-order valence-electron chi connectivity index (χ4n) is 1.66. The van der Waals surface area contributed by atoms with E-state index < -0.39 is 11.7 Å². The van der Waals surface area contributed by atoms with Crippen LogP contribution in [0.3, 0.4) is 0 Å². The van der Waals surface area contributed by atoms with Gasteiger partial charge in [0.2, 0.25) is 0 Å². The molecule has 0 aliphatic rings. The zero-order valence-corrected chi connectivity index (χ0v) is 10.3. The van der Waals surface area contributed by atoms with Crippen LogP contribution in [0.4, 0.5) is 13.2 Å². The lowest BCUT2D eigenvalue weighted by Crippen LogP contribution is -2.03. The summed E-state index contributed by atoms with van der Waals surface area (Å²) in [5, 5.41) is 9.05. The molecule has 0 aliphatic carbocycles. The zero-order chi connectivity index (χ0) is 14.0. The normalized spacial score (nSPS) is 11.1. The number of nitriles is 1. The molecule has 5 heteroatoms. The fourth-order valence-corrected chi connectivity index (χ4v) is 1.95. The number of halogens is 4. The van der Waals surface area contributed by atoms with Crippen molar-refractivity contribution in [2.24, 2.45) is 0 Å². The Morgan fingerprint density at radius 3 is 2.11 bits per heavy atom. The lowest BCUT2D eigenvalue weighted by Gasteiger charge is -2.09. The Labute approximate surface area is 112 Å². The second-order valence-electron chi connectivity index (χ2n) is 3.88. The molecule has 96 valence electrons. The van der Waals surface area contributed by atoms with Crippen molar-refractivity contribution < 1.29 is 13.2 Å². The highest BCUT2D eigenvalue weighted by atomic mass is 35.5. The monoisotopic (exact) mass is 281 g/mol. The van der Waals surface area contributed by atoms with Gasteiger partial charge in [-0.1, -0.05) is 29.8 Å². The largest absolute Gasteiger partial charge is 0.416 e. The first-order valence-electron chi connectivity index (χ1n) is 5.29. The quantitative estimate of drug-likeness (QED) is 0.729. The predicted octanol–water partition coefficient (Wildman–Crippen LogP) is 4.90. The molecule has 0 saturated carbocycles. The molecule has 1 nitrogen and oxygen atoms in total. The van der Waals surface area contributed by atoms with Crippen LogP contribution in [0.15, 0.2) is 42.5 Å². The minimum atomic E-state index is -4.35. The second kappa shape index (κ2) is 4.94. The number of benzene rings is 2. The number of hydrogen-bond acceptors (Lipinski definition) is 1. The van der Waals surface area contributed by atoms with Gasteiger partial charge in [0.1, 0.15) is 0 Å². The molecule has 0 radical (unpaired) electrons. The Balaban J connectivity index is 2.41. The summed E-state index contributed by atoms with van der Waals surface area (Å²) in [5.41, 5.74) is 0.860. The van der Waals surface area contributed by atoms with E-state index in [1.165, 1.54) is 18.2 Å². The van der Waals surface area contributed by atoms with Crippen LogP contribution in [0.1, 0.15) is 11.1 Å². The average Bonchev–Trinajstić information content (AvgIpc) is 2.37. The smallest absolute Gasteiger partial charge is 0.192 e. The maximum absolute atomic E-state index is 12.4. The number of hydrogen-bond donors (Lipinski definition) is 0. The maximum atomic E-state index is 12.4. The van der Waals surface area contributed by atoms with Crippen LogP contribution in [0.25, 0.3) is 11.1 Å². The summed E-state index contributed by atoms with van der Waals surface area (Å²) in [6, 6.07) is 11.3. The fraction of sp³-hybridized carbons (Fsp3) is 0.0714. The van der Waals surface area contributed by atoms with E-state index in [2.05, 4.69) is 0 Å². The van der Waals surface area contributed by atoms with Crippen molar-refractivity contribution >= 4 is 11.6 Å². The van der Waals surface area contributed by atoms with Gasteiger partial charge in [-0.3, -0.25) is 0 Å². The first-order chi connectivity index (χ1) is 8.91. The van der Waals surface area contributed by atoms with Crippen molar-refractivity contribution in [3.63, 3.8) is 0 Å². The minimum Gasteiger partial charge on any atom is -0.192 e. The molecular formula is C14H7ClF3N. The summed E-state index contributed by atoms with van der Waals surface area (Å²) in [7, 11) is 0. The highest BCUT2D eigenvalue weighted by Gasteiger charge is 2.30. The lowest BCUT2D eigenvalue weighted by molar-refractivity contribution is -0.137. The molecule has 0 unspecified atom stereocenters. The summed E-state index contributed by atoms with van der Waals surface area (Å²) in [4.78, 5) is 0. The van der Waals surface area contributed by atoms with Gasteiger partial charge in [-0.2, -0.15) is 18.4 Å². The third-order valence-corrected chi connectivity index (χ3v) is 2.93. The van der Waals surface area contributed by atoms with Gasteiger partial charge in [-0.05, 0) is 29.8 Å². The summed E-state index contributed by atoms with van der Waals surface area (Å²) >= 11 is 6.00. The van der Waals surface area contributed by atoms with Crippen molar-refractivity contribution in [3.05, 3.63) is 58.6 Å². The van der Waals surface area contributed by atoms with Crippen molar-refractivity contribution in [3.8, 4) is 17.2 Å². The van der Waals surface area contributed by atoms with E-state index in [0.717, 1.165) is 12.1 Å². The SMILES string of the molecule is N#Cc1ccc(-c2ccc(C(F)(F)F)cc2)c(Cl)c1. The third kappa shape index (κ3) is 2.88. The van der Waals surface area contributed by atoms with E-state index in [1.807, 2.05) is 6.07 Å². The molecule has 2 aromatic rings. The van der Waals surface area contributed by atoms with Crippen molar-refractivity contribution in [2.45, 2.75) is 6.18 Å². The summed E-state index contributed by atoms with van der Waals surface area (Å²) in [5.74, 6) is 0. The van der Waals surface area contributed by atoms with Crippen molar-refractivity contribution in [1.82, 2.24) is 0 Å². The molecular weight excluding hydrogens is 275 g/mol. The van der Waals surface area contributed by atoms with E-state index in [1.54, 1.807) is 12.1 Å². The molecule has 0 aliphatic heterocycles. The van der Waals surface area contributed by atoms with Gasteiger partial charge in [0.05, 0.1) is 17.2 Å². The minimum absolute atomic E-state index is 0.332. The predicted molar refractivity (Wildman–Crippen MR) is 66.6 cm³/mol. The first kappa shape index (κ1) is 13.4. The van der Waals surface area contributed by atoms with E-state index in [0.29, 0.717) is 21.7 Å². The Kier molecular flexibility index (Phi) is 3.50. The van der Waals surface area contributed by atoms with Gasteiger partial charge in [0.15, 0.2) is 0 Å². The molecule has 2 aromatic carbocycles. The van der Waals surface area contributed by atoms with Crippen molar-refractivity contribution in [2.75, 3.05) is 0 Å². The van der Waals surface area contributed by atoms with Crippen LogP contribution >= 0.6 is 11.6 Å². The molecule has 0 aromatic heterocycles. The van der Waals surface area contributed by atoms with Crippen LogP contribution in [0, 0.1) is 11.3 Å². The maximum Gasteiger partial charge on any atom is 0.416 e. The molecule has 0 atom stereocenters. The molecule has 0 bridgehead atoms.